The van der Waals surface area contributed by atoms with Gasteiger partial charge in [-0.1, -0.05) is 12.1 Å². The van der Waals surface area contributed by atoms with Crippen molar-refractivity contribution in [3.05, 3.63) is 48.2 Å². The molecule has 2 aromatic rings. The molecule has 0 saturated heterocycles. The molecule has 0 saturated carbocycles. The van der Waals surface area contributed by atoms with Gasteiger partial charge in [-0.15, -0.1) is 4.40 Å². The van der Waals surface area contributed by atoms with Gasteiger partial charge in [-0.25, -0.2) is 13.4 Å². The lowest BCUT2D eigenvalue weighted by Gasteiger charge is -2.26. The number of para-hydroxylation sites is 2. The number of amides is 1. The molecule has 26 heavy (non-hydrogen) atoms. The summed E-state index contributed by atoms with van der Waals surface area (Å²) in [5.74, 6) is 0.433. The Hall–Kier alpha value is -2.94. The first-order chi connectivity index (χ1) is 12.5. The summed E-state index contributed by atoms with van der Waals surface area (Å²) in [4.78, 5) is 18.8. The Kier molecular flexibility index (Phi) is 3.87. The first-order valence-electron chi connectivity index (χ1n) is 8.22. The second-order valence-electron chi connectivity index (χ2n) is 5.97. The number of nitrogens with one attached hydrogen (secondary N) is 1. The minimum absolute atomic E-state index is 0.0681. The van der Waals surface area contributed by atoms with E-state index < -0.39 is 10.0 Å². The predicted octanol–water partition coefficient (Wildman–Crippen LogP) is 1.49. The summed E-state index contributed by atoms with van der Waals surface area (Å²) in [6.07, 6.45) is 4.71. The number of benzene rings is 1. The van der Waals surface area contributed by atoms with Crippen molar-refractivity contribution in [1.82, 2.24) is 14.5 Å². The molecule has 0 fully saturated rings. The standard InChI is InChI=1S/C17H17N5O3S/c1-2-22-14-6-4-3-5-13(14)18-17(22)19-16(23)12-7-8-15-20-26(24,25)10-9-21(15)11-12/h3-8,11H,2,9-10H2,1H3,(H,18,19,23). The number of anilines is 1. The van der Waals surface area contributed by atoms with Crippen molar-refractivity contribution in [2.75, 3.05) is 17.6 Å². The number of hydrogen-bond donors (Lipinski definition) is 1. The van der Waals surface area contributed by atoms with Crippen LogP contribution in [-0.4, -0.2) is 46.9 Å². The lowest BCUT2D eigenvalue weighted by Crippen LogP contribution is -2.37. The van der Waals surface area contributed by atoms with Crippen LogP contribution in [-0.2, 0) is 21.4 Å². The highest BCUT2D eigenvalue weighted by Crippen LogP contribution is 2.21. The second kappa shape index (κ2) is 6.10. The van der Waals surface area contributed by atoms with Gasteiger partial charge in [0.05, 0.1) is 22.4 Å². The van der Waals surface area contributed by atoms with Gasteiger partial charge in [-0.05, 0) is 31.2 Å². The minimum atomic E-state index is -3.41. The Morgan fingerprint density at radius 2 is 2.08 bits per heavy atom. The molecule has 1 aromatic heterocycles. The highest BCUT2D eigenvalue weighted by molar-refractivity contribution is 7.90. The van der Waals surface area contributed by atoms with E-state index in [1.54, 1.807) is 17.2 Å². The van der Waals surface area contributed by atoms with E-state index in [-0.39, 0.29) is 18.2 Å². The number of hydrogen-bond acceptors (Lipinski definition) is 5. The topological polar surface area (TPSA) is 96.7 Å². The number of carbonyl (C=O) groups is 1. The monoisotopic (exact) mass is 371 g/mol. The fraction of sp³-hybridized carbons (Fsp3) is 0.235. The average molecular weight is 371 g/mol. The van der Waals surface area contributed by atoms with Gasteiger partial charge < -0.3 is 9.47 Å². The lowest BCUT2D eigenvalue weighted by molar-refractivity contribution is -0.112. The van der Waals surface area contributed by atoms with Crippen LogP contribution in [0, 0.1) is 0 Å². The third-order valence-corrected chi connectivity index (χ3v) is 5.45. The molecule has 1 aromatic carbocycles. The van der Waals surface area contributed by atoms with Crippen molar-refractivity contribution in [2.45, 2.75) is 13.5 Å². The molecule has 1 N–H and O–H groups in total. The van der Waals surface area contributed by atoms with Crippen molar-refractivity contribution in [2.24, 2.45) is 4.40 Å². The van der Waals surface area contributed by atoms with E-state index in [9.17, 15) is 13.2 Å². The summed E-state index contributed by atoms with van der Waals surface area (Å²) in [5, 5.41) is 2.84. The fourth-order valence-electron chi connectivity index (χ4n) is 3.00. The van der Waals surface area contributed by atoms with Crippen LogP contribution < -0.4 is 5.32 Å². The fourth-order valence-corrected chi connectivity index (χ4v) is 3.97. The molecule has 3 heterocycles. The zero-order valence-electron chi connectivity index (χ0n) is 14.1. The minimum Gasteiger partial charge on any atom is -0.330 e. The Balaban J connectivity index is 1.60. The largest absolute Gasteiger partial charge is 0.330 e. The molecule has 2 aliphatic rings. The van der Waals surface area contributed by atoms with E-state index >= 15 is 0 Å². The molecular formula is C17H17N5O3S. The highest BCUT2D eigenvalue weighted by Gasteiger charge is 2.25. The third kappa shape index (κ3) is 2.90. The van der Waals surface area contributed by atoms with Crippen LogP contribution in [0.25, 0.3) is 11.0 Å². The molecule has 0 radical (unpaired) electrons. The van der Waals surface area contributed by atoms with Crippen molar-refractivity contribution in [3.8, 4) is 0 Å². The van der Waals surface area contributed by atoms with Crippen LogP contribution in [0.2, 0.25) is 0 Å². The van der Waals surface area contributed by atoms with Gasteiger partial charge in [0.1, 0.15) is 5.84 Å². The Morgan fingerprint density at radius 1 is 1.27 bits per heavy atom. The number of aryl methyl sites for hydroxylation is 1. The summed E-state index contributed by atoms with van der Waals surface area (Å²) in [5.41, 5.74) is 2.18. The van der Waals surface area contributed by atoms with Gasteiger partial charge in [-0.2, -0.15) is 0 Å². The summed E-state index contributed by atoms with van der Waals surface area (Å²) in [6, 6.07) is 7.68. The van der Waals surface area contributed by atoms with Crippen LogP contribution in [0.4, 0.5) is 5.95 Å². The maximum Gasteiger partial charge on any atom is 0.259 e. The lowest BCUT2D eigenvalue weighted by atomic mass is 10.2. The summed E-state index contributed by atoms with van der Waals surface area (Å²) in [7, 11) is -3.41. The highest BCUT2D eigenvalue weighted by atomic mass is 32.2. The number of imidazole rings is 1. The van der Waals surface area contributed by atoms with Crippen LogP contribution in [0.1, 0.15) is 6.92 Å². The van der Waals surface area contributed by atoms with Gasteiger partial charge >= 0.3 is 0 Å². The average Bonchev–Trinajstić information content (AvgIpc) is 2.97. The van der Waals surface area contributed by atoms with Crippen molar-refractivity contribution < 1.29 is 13.2 Å². The molecule has 0 spiro atoms. The predicted molar refractivity (Wildman–Crippen MR) is 99.2 cm³/mol. The maximum absolute atomic E-state index is 12.6. The van der Waals surface area contributed by atoms with Gasteiger partial charge in [-0.3, -0.25) is 10.1 Å². The van der Waals surface area contributed by atoms with Crippen molar-refractivity contribution >= 4 is 38.7 Å². The first-order valence-corrected chi connectivity index (χ1v) is 9.83. The number of aromatic nitrogens is 2. The number of fused-ring (bicyclic) bond motifs is 2. The molecule has 134 valence electrons. The Bertz CT molecular complexity index is 1090. The van der Waals surface area contributed by atoms with E-state index in [0.717, 1.165) is 11.0 Å². The number of nitrogens with zero attached hydrogens (tertiary/aromatic N) is 4. The quantitative estimate of drug-likeness (QED) is 0.882. The van der Waals surface area contributed by atoms with E-state index in [0.29, 0.717) is 23.9 Å². The van der Waals surface area contributed by atoms with Gasteiger partial charge in [0.2, 0.25) is 5.95 Å². The van der Waals surface area contributed by atoms with Crippen LogP contribution in [0.15, 0.2) is 52.6 Å². The van der Waals surface area contributed by atoms with E-state index in [1.165, 1.54) is 6.08 Å². The van der Waals surface area contributed by atoms with Crippen molar-refractivity contribution in [1.29, 1.82) is 0 Å². The molecule has 0 atom stereocenters. The molecule has 4 rings (SSSR count). The molecule has 1 amide bonds. The zero-order valence-corrected chi connectivity index (χ0v) is 14.9. The summed E-state index contributed by atoms with van der Waals surface area (Å²) < 4.78 is 28.8. The summed E-state index contributed by atoms with van der Waals surface area (Å²) in [6.45, 7) is 2.93. The van der Waals surface area contributed by atoms with Crippen molar-refractivity contribution in [3.63, 3.8) is 0 Å². The Morgan fingerprint density at radius 3 is 2.88 bits per heavy atom. The molecule has 0 bridgehead atoms. The van der Waals surface area contributed by atoms with Gasteiger partial charge in [0.25, 0.3) is 15.9 Å². The number of amidine groups is 1. The Labute approximate surface area is 150 Å². The zero-order chi connectivity index (χ0) is 18.3. The molecule has 2 aliphatic heterocycles. The first kappa shape index (κ1) is 16.5. The second-order valence-corrected chi connectivity index (χ2v) is 7.72. The molecule has 8 nitrogen and oxygen atoms in total. The number of sulfonamides is 1. The maximum atomic E-state index is 12.6. The van der Waals surface area contributed by atoms with E-state index in [1.807, 2.05) is 35.8 Å². The molecule has 9 heteroatoms. The van der Waals surface area contributed by atoms with Crippen LogP contribution in [0.3, 0.4) is 0 Å². The van der Waals surface area contributed by atoms with Crippen LogP contribution >= 0.6 is 0 Å². The van der Waals surface area contributed by atoms with Crippen LogP contribution in [0.5, 0.6) is 0 Å². The normalized spacial score (nSPS) is 18.3. The molecule has 0 unspecified atom stereocenters. The molecular weight excluding hydrogens is 354 g/mol. The number of carbonyl (C=O) groups excluding carboxylic acids is 1. The van der Waals surface area contributed by atoms with E-state index in [2.05, 4.69) is 14.7 Å². The summed E-state index contributed by atoms with van der Waals surface area (Å²) >= 11 is 0. The number of rotatable bonds is 3. The SMILES string of the molecule is CCn1c(NC(=O)C2=CN3CCS(=O)(=O)N=C3C=C2)nc2ccccc21. The van der Waals surface area contributed by atoms with Gasteiger partial charge in [0, 0.05) is 19.3 Å². The molecule has 0 aliphatic carbocycles. The smallest absolute Gasteiger partial charge is 0.259 e. The third-order valence-electron chi connectivity index (χ3n) is 4.28. The van der Waals surface area contributed by atoms with E-state index in [4.69, 9.17) is 0 Å². The van der Waals surface area contributed by atoms with Gasteiger partial charge in [0.15, 0.2) is 0 Å².